The molecule has 1 saturated carbocycles. The molecule has 0 spiro atoms. The Kier molecular flexibility index (Phi) is 4.99. The Morgan fingerprint density at radius 1 is 1.39 bits per heavy atom. The Morgan fingerprint density at radius 2 is 2.11 bits per heavy atom. The van der Waals surface area contributed by atoms with Crippen LogP contribution in [0.2, 0.25) is 0 Å². The standard InChI is InChI=1S/C15H28N2S/c1-12(2)8-15(6-4-5-7-15)11-17-14-16-9-13(3)10-18-14/h12-13H,4-11H2,1-3H3,(H,16,17). The second kappa shape index (κ2) is 6.31. The van der Waals surface area contributed by atoms with Crippen molar-refractivity contribution in [2.75, 3.05) is 18.8 Å². The van der Waals surface area contributed by atoms with E-state index in [0.717, 1.165) is 24.9 Å². The zero-order chi connectivity index (χ0) is 13.0. The van der Waals surface area contributed by atoms with Crippen molar-refractivity contribution < 1.29 is 0 Å². The fraction of sp³-hybridized carbons (Fsp3) is 0.933. The van der Waals surface area contributed by atoms with Gasteiger partial charge in [-0.2, -0.15) is 0 Å². The molecule has 2 rings (SSSR count). The summed E-state index contributed by atoms with van der Waals surface area (Å²) in [7, 11) is 0. The molecule has 0 bridgehead atoms. The topological polar surface area (TPSA) is 24.4 Å². The molecule has 0 amide bonds. The van der Waals surface area contributed by atoms with E-state index in [1.54, 1.807) is 0 Å². The molecule has 1 aliphatic heterocycles. The molecule has 1 atom stereocenters. The van der Waals surface area contributed by atoms with Gasteiger partial charge in [0.25, 0.3) is 0 Å². The van der Waals surface area contributed by atoms with Crippen LogP contribution in [0.1, 0.15) is 52.9 Å². The number of rotatable bonds is 4. The van der Waals surface area contributed by atoms with Crippen molar-refractivity contribution in [1.29, 1.82) is 0 Å². The lowest BCUT2D eigenvalue weighted by Gasteiger charge is -2.32. The summed E-state index contributed by atoms with van der Waals surface area (Å²) in [4.78, 5) is 4.65. The van der Waals surface area contributed by atoms with Crippen molar-refractivity contribution in [3.05, 3.63) is 0 Å². The van der Waals surface area contributed by atoms with E-state index in [1.807, 2.05) is 11.8 Å². The number of nitrogens with one attached hydrogen (secondary N) is 1. The summed E-state index contributed by atoms with van der Waals surface area (Å²) in [5.41, 5.74) is 0.556. The van der Waals surface area contributed by atoms with E-state index in [2.05, 4.69) is 31.1 Å². The van der Waals surface area contributed by atoms with Gasteiger partial charge >= 0.3 is 0 Å². The largest absolute Gasteiger partial charge is 0.364 e. The number of aliphatic imine (C=N–C) groups is 1. The Balaban J connectivity index is 1.86. The molecule has 3 heteroatoms. The summed E-state index contributed by atoms with van der Waals surface area (Å²) in [6.45, 7) is 9.14. The van der Waals surface area contributed by atoms with E-state index in [1.165, 1.54) is 43.0 Å². The van der Waals surface area contributed by atoms with E-state index in [-0.39, 0.29) is 0 Å². The van der Waals surface area contributed by atoms with Crippen LogP contribution < -0.4 is 5.32 Å². The first-order chi connectivity index (χ1) is 8.60. The molecule has 0 aromatic carbocycles. The van der Waals surface area contributed by atoms with E-state index in [4.69, 9.17) is 0 Å². The zero-order valence-corrected chi connectivity index (χ0v) is 13.0. The van der Waals surface area contributed by atoms with Crippen LogP contribution in [0.25, 0.3) is 0 Å². The summed E-state index contributed by atoms with van der Waals surface area (Å²) in [5.74, 6) is 2.78. The van der Waals surface area contributed by atoms with Gasteiger partial charge in [-0.05, 0) is 36.5 Å². The average Bonchev–Trinajstić information content (AvgIpc) is 2.76. The van der Waals surface area contributed by atoms with Crippen LogP contribution >= 0.6 is 11.8 Å². The highest BCUT2D eigenvalue weighted by atomic mass is 32.2. The maximum absolute atomic E-state index is 4.65. The van der Waals surface area contributed by atoms with E-state index >= 15 is 0 Å². The number of amidine groups is 1. The number of thioether (sulfide) groups is 1. The molecule has 0 saturated heterocycles. The van der Waals surface area contributed by atoms with Crippen LogP contribution in [0, 0.1) is 17.3 Å². The first kappa shape index (κ1) is 14.2. The first-order valence-electron chi connectivity index (χ1n) is 7.51. The predicted octanol–water partition coefficient (Wildman–Crippen LogP) is 3.92. The molecular weight excluding hydrogens is 240 g/mol. The third-order valence-corrected chi connectivity index (χ3v) is 5.45. The molecular formula is C15H28N2S. The van der Waals surface area contributed by atoms with Crippen LogP contribution in [0.3, 0.4) is 0 Å². The molecule has 104 valence electrons. The third kappa shape index (κ3) is 3.91. The van der Waals surface area contributed by atoms with E-state index in [9.17, 15) is 0 Å². The number of hydrogen-bond donors (Lipinski definition) is 1. The molecule has 2 nitrogen and oxygen atoms in total. The second-order valence-electron chi connectivity index (χ2n) is 6.72. The normalized spacial score (nSPS) is 27.3. The molecule has 0 aromatic rings. The Labute approximate surface area is 116 Å². The molecule has 2 aliphatic rings. The molecule has 1 unspecified atom stereocenters. The molecule has 1 aliphatic carbocycles. The summed E-state index contributed by atoms with van der Waals surface area (Å²) in [6.07, 6.45) is 7.03. The molecule has 1 N–H and O–H groups in total. The average molecular weight is 268 g/mol. The van der Waals surface area contributed by atoms with Gasteiger partial charge < -0.3 is 5.32 Å². The fourth-order valence-corrected chi connectivity index (χ4v) is 4.26. The quantitative estimate of drug-likeness (QED) is 0.835. The summed E-state index contributed by atoms with van der Waals surface area (Å²) in [5, 5.41) is 4.84. The second-order valence-corrected chi connectivity index (χ2v) is 7.73. The van der Waals surface area contributed by atoms with Gasteiger partial charge in [-0.15, -0.1) is 0 Å². The van der Waals surface area contributed by atoms with Crippen molar-refractivity contribution in [2.24, 2.45) is 22.2 Å². The van der Waals surface area contributed by atoms with Crippen LogP contribution in [-0.2, 0) is 0 Å². The summed E-state index contributed by atoms with van der Waals surface area (Å²) in [6, 6.07) is 0. The SMILES string of the molecule is CC(C)CC1(CNC2=NCC(C)CS2)CCCC1. The lowest BCUT2D eigenvalue weighted by Crippen LogP contribution is -2.37. The highest BCUT2D eigenvalue weighted by Gasteiger charge is 2.34. The first-order valence-corrected chi connectivity index (χ1v) is 8.49. The lowest BCUT2D eigenvalue weighted by atomic mass is 9.78. The van der Waals surface area contributed by atoms with Crippen molar-refractivity contribution in [1.82, 2.24) is 5.32 Å². The van der Waals surface area contributed by atoms with Crippen molar-refractivity contribution in [2.45, 2.75) is 52.9 Å². The summed E-state index contributed by atoms with van der Waals surface area (Å²) >= 11 is 1.91. The maximum atomic E-state index is 4.65. The molecule has 1 fully saturated rings. The number of nitrogens with zero attached hydrogens (tertiary/aromatic N) is 1. The van der Waals surface area contributed by atoms with Crippen LogP contribution in [0.15, 0.2) is 4.99 Å². The minimum atomic E-state index is 0.556. The van der Waals surface area contributed by atoms with Gasteiger partial charge in [-0.1, -0.05) is 45.4 Å². The van der Waals surface area contributed by atoms with Gasteiger partial charge in [0.1, 0.15) is 0 Å². The van der Waals surface area contributed by atoms with Crippen molar-refractivity contribution in [3.63, 3.8) is 0 Å². The fourth-order valence-electron chi connectivity index (χ4n) is 3.37. The molecule has 0 radical (unpaired) electrons. The smallest absolute Gasteiger partial charge is 0.156 e. The highest BCUT2D eigenvalue weighted by molar-refractivity contribution is 8.13. The summed E-state index contributed by atoms with van der Waals surface area (Å²) < 4.78 is 0. The minimum absolute atomic E-state index is 0.556. The highest BCUT2D eigenvalue weighted by Crippen LogP contribution is 2.42. The Hall–Kier alpha value is -0.180. The predicted molar refractivity (Wildman–Crippen MR) is 82.3 cm³/mol. The molecule has 18 heavy (non-hydrogen) atoms. The van der Waals surface area contributed by atoms with Crippen LogP contribution in [0.4, 0.5) is 0 Å². The van der Waals surface area contributed by atoms with Gasteiger partial charge in [0.15, 0.2) is 5.17 Å². The Morgan fingerprint density at radius 3 is 2.67 bits per heavy atom. The van der Waals surface area contributed by atoms with Gasteiger partial charge in [0.2, 0.25) is 0 Å². The molecule has 0 aromatic heterocycles. The van der Waals surface area contributed by atoms with Gasteiger partial charge in [0.05, 0.1) is 0 Å². The van der Waals surface area contributed by atoms with E-state index < -0.39 is 0 Å². The van der Waals surface area contributed by atoms with Gasteiger partial charge in [-0.3, -0.25) is 4.99 Å². The van der Waals surface area contributed by atoms with Crippen LogP contribution in [-0.4, -0.2) is 24.0 Å². The van der Waals surface area contributed by atoms with Crippen LogP contribution in [0.5, 0.6) is 0 Å². The third-order valence-electron chi connectivity index (χ3n) is 4.17. The van der Waals surface area contributed by atoms with Crippen molar-refractivity contribution >= 4 is 16.9 Å². The van der Waals surface area contributed by atoms with Gasteiger partial charge in [0, 0.05) is 18.8 Å². The minimum Gasteiger partial charge on any atom is -0.364 e. The lowest BCUT2D eigenvalue weighted by molar-refractivity contribution is 0.236. The monoisotopic (exact) mass is 268 g/mol. The number of hydrogen-bond acceptors (Lipinski definition) is 3. The zero-order valence-electron chi connectivity index (χ0n) is 12.2. The Bertz CT molecular complexity index is 293. The van der Waals surface area contributed by atoms with Crippen molar-refractivity contribution in [3.8, 4) is 0 Å². The van der Waals surface area contributed by atoms with Gasteiger partial charge in [-0.25, -0.2) is 0 Å². The molecule has 1 heterocycles. The maximum Gasteiger partial charge on any atom is 0.156 e. The van der Waals surface area contributed by atoms with E-state index in [0.29, 0.717) is 5.41 Å².